The Bertz CT molecular complexity index is 115. The number of hydrogen-bond acceptors (Lipinski definition) is 6. The van der Waals surface area contributed by atoms with Gasteiger partial charge >= 0.3 is 0 Å². The molecule has 0 amide bonds. The van der Waals surface area contributed by atoms with Crippen LogP contribution < -0.4 is 0 Å². The lowest BCUT2D eigenvalue weighted by Crippen LogP contribution is -2.30. The van der Waals surface area contributed by atoms with E-state index < -0.39 is 18.8 Å². The smallest absolute Gasteiger partial charge is 0.151 e. The molecule has 0 aliphatic carbocycles. The Balaban J connectivity index is 0. The highest BCUT2D eigenvalue weighted by molar-refractivity contribution is 5.56. The quantitative estimate of drug-likeness (QED) is 0.344. The fourth-order valence-corrected chi connectivity index (χ4v) is 0.199. The van der Waals surface area contributed by atoms with E-state index in [0.717, 1.165) is 0 Å². The predicted molar refractivity (Wildman–Crippen MR) is 38.3 cm³/mol. The van der Waals surface area contributed by atoms with Gasteiger partial charge in [-0.25, -0.2) is 0 Å². The number of aliphatic hydroxyl groups is 4. The molecule has 0 aromatic rings. The van der Waals surface area contributed by atoms with Gasteiger partial charge in [0.05, 0.1) is 13.2 Å². The van der Waals surface area contributed by atoms with E-state index in [2.05, 4.69) is 0 Å². The molecule has 2 atom stereocenters. The van der Waals surface area contributed by atoms with Crippen molar-refractivity contribution in [3.8, 4) is 0 Å². The van der Waals surface area contributed by atoms with Crippen molar-refractivity contribution in [1.82, 2.24) is 0 Å². The number of carbonyl (C=O) groups is 2. The van der Waals surface area contributed by atoms with Gasteiger partial charge in [-0.3, -0.25) is 0 Å². The summed E-state index contributed by atoms with van der Waals surface area (Å²) >= 11 is 0. The minimum atomic E-state index is -1.46. The second-order valence-corrected chi connectivity index (χ2v) is 1.73. The summed E-state index contributed by atoms with van der Waals surface area (Å²) < 4.78 is 0. The van der Waals surface area contributed by atoms with Crippen molar-refractivity contribution in [2.45, 2.75) is 12.2 Å². The summed E-state index contributed by atoms with van der Waals surface area (Å²) in [7, 11) is 0. The van der Waals surface area contributed by atoms with Gasteiger partial charge in [0.25, 0.3) is 0 Å². The van der Waals surface area contributed by atoms with E-state index in [-0.39, 0.29) is 12.9 Å². The van der Waals surface area contributed by atoms with Crippen LogP contribution in [0.1, 0.15) is 0 Å². The molecule has 6 nitrogen and oxygen atoms in total. The number of rotatable bonds is 4. The third-order valence-corrected chi connectivity index (χ3v) is 0.795. The molecule has 0 aromatic carbocycles. The summed E-state index contributed by atoms with van der Waals surface area (Å²) in [5.41, 5.74) is 0. The maximum absolute atomic E-state index is 9.58. The fourth-order valence-electron chi connectivity index (χ4n) is 0.199. The van der Waals surface area contributed by atoms with Crippen LogP contribution in [0, 0.1) is 0 Å². The van der Waals surface area contributed by atoms with Crippen LogP contribution >= 0.6 is 0 Å². The lowest BCUT2D eigenvalue weighted by atomic mass is 10.2. The lowest BCUT2D eigenvalue weighted by molar-refractivity contribution is -0.121. The highest BCUT2D eigenvalue weighted by Gasteiger charge is 2.12. The van der Waals surface area contributed by atoms with Gasteiger partial charge in [-0.15, -0.1) is 0 Å². The second kappa shape index (κ2) is 10.2. The van der Waals surface area contributed by atoms with Crippen molar-refractivity contribution in [2.24, 2.45) is 0 Å². The Hall–Kier alpha value is -0.820. The Morgan fingerprint density at radius 2 is 1.58 bits per heavy atom. The molecule has 0 saturated carbocycles. The highest BCUT2D eigenvalue weighted by atomic mass is 16.4. The molecule has 0 fully saturated rings. The van der Waals surface area contributed by atoms with Crippen LogP contribution in [0.25, 0.3) is 0 Å². The van der Waals surface area contributed by atoms with Gasteiger partial charge in [0, 0.05) is 0 Å². The summed E-state index contributed by atoms with van der Waals surface area (Å²) in [6.45, 7) is -0.958. The zero-order valence-electron chi connectivity index (χ0n) is 6.33. The minimum Gasteiger partial charge on any atom is -0.394 e. The second-order valence-electron chi connectivity index (χ2n) is 1.73. The van der Waals surface area contributed by atoms with Gasteiger partial charge in [0.15, 0.2) is 6.29 Å². The van der Waals surface area contributed by atoms with Crippen LogP contribution in [0.4, 0.5) is 0 Å². The standard InChI is InChI=1S/C4H8O4.C2H4O2/c5-1-3(7)4(8)2-6;3-1-2-4/h1,3-4,6-8H,2H2;1,4H,2H2/t3-,4+;/m0./s1. The van der Waals surface area contributed by atoms with Crippen molar-refractivity contribution in [2.75, 3.05) is 13.2 Å². The topological polar surface area (TPSA) is 115 Å². The molecular formula is C6H12O6. The van der Waals surface area contributed by atoms with Gasteiger partial charge in [0.1, 0.15) is 18.5 Å². The summed E-state index contributed by atoms with van der Waals surface area (Å²) in [4.78, 5) is 18.5. The summed E-state index contributed by atoms with van der Waals surface area (Å²) in [6.07, 6.45) is -2.20. The van der Waals surface area contributed by atoms with Gasteiger partial charge in [-0.1, -0.05) is 0 Å². The maximum Gasteiger partial charge on any atom is 0.151 e. The third-order valence-electron chi connectivity index (χ3n) is 0.795. The molecule has 12 heavy (non-hydrogen) atoms. The zero-order chi connectivity index (χ0) is 9.98. The van der Waals surface area contributed by atoms with Crippen molar-refractivity contribution in [3.05, 3.63) is 0 Å². The monoisotopic (exact) mass is 180 g/mol. The Morgan fingerprint density at radius 1 is 1.17 bits per heavy atom. The highest BCUT2D eigenvalue weighted by Crippen LogP contribution is 1.85. The van der Waals surface area contributed by atoms with Crippen LogP contribution in [0.15, 0.2) is 0 Å². The van der Waals surface area contributed by atoms with Crippen LogP contribution in [0.5, 0.6) is 0 Å². The first-order chi connectivity index (χ1) is 5.63. The molecule has 0 rings (SSSR count). The number of aliphatic hydroxyl groups excluding tert-OH is 4. The van der Waals surface area contributed by atoms with Crippen LogP contribution in [-0.4, -0.2) is 58.4 Å². The van der Waals surface area contributed by atoms with E-state index in [1.807, 2.05) is 0 Å². The molecule has 0 bridgehead atoms. The van der Waals surface area contributed by atoms with E-state index in [0.29, 0.717) is 6.29 Å². The average molecular weight is 180 g/mol. The molecule has 0 aliphatic rings. The van der Waals surface area contributed by atoms with Gasteiger partial charge < -0.3 is 30.0 Å². The van der Waals surface area contributed by atoms with Crippen molar-refractivity contribution in [3.63, 3.8) is 0 Å². The molecule has 0 aromatic heterocycles. The Labute approximate surface area is 69.1 Å². The maximum atomic E-state index is 9.58. The fraction of sp³-hybridized carbons (Fsp3) is 0.667. The lowest BCUT2D eigenvalue weighted by Gasteiger charge is -2.06. The molecule has 6 heteroatoms. The number of aldehydes is 2. The van der Waals surface area contributed by atoms with E-state index in [1.165, 1.54) is 0 Å². The van der Waals surface area contributed by atoms with Crippen LogP contribution in [0.2, 0.25) is 0 Å². The zero-order valence-corrected chi connectivity index (χ0v) is 6.33. The molecule has 0 unspecified atom stereocenters. The normalized spacial score (nSPS) is 13.7. The van der Waals surface area contributed by atoms with E-state index in [4.69, 9.17) is 25.2 Å². The summed E-state index contributed by atoms with van der Waals surface area (Å²) in [6, 6.07) is 0. The summed E-state index contributed by atoms with van der Waals surface area (Å²) in [5.74, 6) is 0. The molecule has 0 spiro atoms. The molecule has 0 radical (unpaired) electrons. The van der Waals surface area contributed by atoms with Crippen LogP contribution in [0.3, 0.4) is 0 Å². The minimum absolute atomic E-state index is 0.168. The first kappa shape index (κ1) is 13.7. The van der Waals surface area contributed by atoms with E-state index in [9.17, 15) is 4.79 Å². The number of carbonyl (C=O) groups excluding carboxylic acids is 2. The van der Waals surface area contributed by atoms with Gasteiger partial charge in [0.2, 0.25) is 0 Å². The van der Waals surface area contributed by atoms with Crippen molar-refractivity contribution in [1.29, 1.82) is 0 Å². The predicted octanol–water partition coefficient (Wildman–Crippen LogP) is -2.92. The van der Waals surface area contributed by atoms with Gasteiger partial charge in [-0.05, 0) is 0 Å². The number of hydrogen-bond donors (Lipinski definition) is 4. The SMILES string of the molecule is O=CCO.O=C[C@H](O)[C@H](O)CO. The average Bonchev–Trinajstić information content (AvgIpc) is 2.15. The largest absolute Gasteiger partial charge is 0.394 e. The molecule has 0 heterocycles. The summed E-state index contributed by atoms with van der Waals surface area (Å²) in [5, 5.41) is 32.3. The molecule has 4 N–H and O–H groups in total. The first-order valence-electron chi connectivity index (χ1n) is 3.10. The van der Waals surface area contributed by atoms with Crippen molar-refractivity contribution < 1.29 is 30.0 Å². The Kier molecular flexibility index (Phi) is 11.7. The molecule has 72 valence electrons. The van der Waals surface area contributed by atoms with Gasteiger partial charge in [-0.2, -0.15) is 0 Å². The van der Waals surface area contributed by atoms with Crippen LogP contribution in [-0.2, 0) is 9.59 Å². The van der Waals surface area contributed by atoms with Crippen molar-refractivity contribution >= 4 is 12.6 Å². The molecule has 0 aliphatic heterocycles. The van der Waals surface area contributed by atoms with E-state index in [1.54, 1.807) is 0 Å². The Morgan fingerprint density at radius 3 is 1.67 bits per heavy atom. The first-order valence-corrected chi connectivity index (χ1v) is 3.10. The van der Waals surface area contributed by atoms with E-state index >= 15 is 0 Å². The third kappa shape index (κ3) is 9.18. The molecule has 0 saturated heterocycles. The molecular weight excluding hydrogens is 168 g/mol.